The number of piperazine rings is 1. The molecule has 4 rings (SSSR count). The van der Waals surface area contributed by atoms with Crippen LogP contribution >= 0.6 is 0 Å². The number of rotatable bonds is 3. The molecule has 0 bridgehead atoms. The van der Waals surface area contributed by atoms with E-state index in [9.17, 15) is 4.79 Å². The number of likely N-dealkylation sites (N-methyl/N-ethyl adjacent to an activating group) is 1. The van der Waals surface area contributed by atoms with Gasteiger partial charge >= 0.3 is 0 Å². The van der Waals surface area contributed by atoms with Gasteiger partial charge in [-0.3, -0.25) is 9.69 Å². The van der Waals surface area contributed by atoms with Crippen molar-refractivity contribution < 1.29 is 4.79 Å². The summed E-state index contributed by atoms with van der Waals surface area (Å²) in [5.41, 5.74) is 0.632. The molecule has 1 amide bonds. The summed E-state index contributed by atoms with van der Waals surface area (Å²) in [6.45, 7) is 6.54. The molecule has 1 spiro atoms. The van der Waals surface area contributed by atoms with Gasteiger partial charge in [-0.15, -0.1) is 5.10 Å². The Bertz CT molecular complexity index is 604. The second-order valence-electron chi connectivity index (χ2n) is 7.67. The smallest absolute Gasteiger partial charge is 0.243 e. The molecular formula is C18H27N5O. The summed E-state index contributed by atoms with van der Waals surface area (Å²) < 4.78 is 0. The highest BCUT2D eigenvalue weighted by atomic mass is 16.2. The third-order valence-electron chi connectivity index (χ3n) is 6.00. The number of anilines is 1. The van der Waals surface area contributed by atoms with Gasteiger partial charge in [0.2, 0.25) is 5.91 Å². The number of aryl methyl sites for hydroxylation is 1. The predicted octanol–water partition coefficient (Wildman–Crippen LogP) is 1.31. The molecule has 3 aliphatic rings. The highest BCUT2D eigenvalue weighted by Gasteiger charge is 2.49. The predicted molar refractivity (Wildman–Crippen MR) is 92.9 cm³/mol. The number of carbonyl (C=O) groups is 1. The zero-order valence-electron chi connectivity index (χ0n) is 14.7. The minimum absolute atomic E-state index is 0.304. The molecule has 6 nitrogen and oxygen atoms in total. The van der Waals surface area contributed by atoms with Crippen LogP contribution in [0.2, 0.25) is 0 Å². The molecule has 2 saturated heterocycles. The number of amides is 1. The van der Waals surface area contributed by atoms with Crippen LogP contribution in [0.25, 0.3) is 0 Å². The molecule has 2 aliphatic heterocycles. The Labute approximate surface area is 143 Å². The largest absolute Gasteiger partial charge is 0.355 e. The Morgan fingerprint density at radius 3 is 2.50 bits per heavy atom. The van der Waals surface area contributed by atoms with Crippen molar-refractivity contribution in [3.63, 3.8) is 0 Å². The monoisotopic (exact) mass is 329 g/mol. The summed E-state index contributed by atoms with van der Waals surface area (Å²) in [6, 6.07) is 4.04. The average molecular weight is 329 g/mol. The number of nitrogens with zero attached hydrogens (tertiary/aromatic N) is 5. The van der Waals surface area contributed by atoms with E-state index in [1.807, 2.05) is 19.1 Å². The van der Waals surface area contributed by atoms with Crippen LogP contribution in [0.5, 0.6) is 0 Å². The highest BCUT2D eigenvalue weighted by Crippen LogP contribution is 2.36. The highest BCUT2D eigenvalue weighted by molar-refractivity contribution is 5.87. The van der Waals surface area contributed by atoms with Gasteiger partial charge in [0, 0.05) is 32.7 Å². The Kier molecular flexibility index (Phi) is 3.95. The Hall–Kier alpha value is -1.69. The van der Waals surface area contributed by atoms with Gasteiger partial charge in [-0.25, -0.2) is 0 Å². The molecule has 1 aliphatic carbocycles. The van der Waals surface area contributed by atoms with Crippen LogP contribution in [0.3, 0.4) is 0 Å². The van der Waals surface area contributed by atoms with E-state index in [0.717, 1.165) is 63.0 Å². The first-order valence-corrected chi connectivity index (χ1v) is 9.14. The molecule has 3 fully saturated rings. The number of hydrogen-bond acceptors (Lipinski definition) is 5. The van der Waals surface area contributed by atoms with Crippen molar-refractivity contribution in [2.24, 2.45) is 5.92 Å². The van der Waals surface area contributed by atoms with E-state index < -0.39 is 0 Å². The van der Waals surface area contributed by atoms with Gasteiger partial charge in [0.1, 0.15) is 5.54 Å². The van der Waals surface area contributed by atoms with Gasteiger partial charge in [-0.1, -0.05) is 0 Å². The third kappa shape index (κ3) is 2.77. The topological polar surface area (TPSA) is 52.6 Å². The first-order chi connectivity index (χ1) is 11.6. The molecule has 0 unspecified atom stereocenters. The Morgan fingerprint density at radius 2 is 1.88 bits per heavy atom. The van der Waals surface area contributed by atoms with E-state index in [-0.39, 0.29) is 5.54 Å². The van der Waals surface area contributed by atoms with Crippen molar-refractivity contribution >= 4 is 11.7 Å². The first-order valence-electron chi connectivity index (χ1n) is 9.14. The second kappa shape index (κ2) is 5.99. The summed E-state index contributed by atoms with van der Waals surface area (Å²) in [4.78, 5) is 19.9. The van der Waals surface area contributed by atoms with E-state index in [0.29, 0.717) is 5.91 Å². The summed E-state index contributed by atoms with van der Waals surface area (Å²) in [7, 11) is 2.12. The fraction of sp³-hybridized carbons (Fsp3) is 0.722. The van der Waals surface area contributed by atoms with E-state index in [1.165, 1.54) is 12.8 Å². The quantitative estimate of drug-likeness (QED) is 0.837. The van der Waals surface area contributed by atoms with Crippen LogP contribution in [0.1, 0.15) is 31.4 Å². The molecular weight excluding hydrogens is 302 g/mol. The number of carbonyl (C=O) groups excluding carboxylic acids is 1. The minimum atomic E-state index is -0.304. The maximum Gasteiger partial charge on any atom is 0.243 e. The molecule has 1 aromatic heterocycles. The van der Waals surface area contributed by atoms with E-state index in [1.54, 1.807) is 0 Å². The maximum atomic E-state index is 13.2. The Balaban J connectivity index is 1.47. The van der Waals surface area contributed by atoms with Crippen molar-refractivity contribution in [1.82, 2.24) is 20.0 Å². The SMILES string of the molecule is Cc1ccc(N2CCC3(CC2)C(=O)N(CC2CC2)CCN3C)nn1. The third-order valence-corrected chi connectivity index (χ3v) is 6.00. The maximum absolute atomic E-state index is 13.2. The van der Waals surface area contributed by atoms with Gasteiger partial charge in [0.15, 0.2) is 5.82 Å². The molecule has 0 aromatic carbocycles. The average Bonchev–Trinajstić information content (AvgIpc) is 3.41. The summed E-state index contributed by atoms with van der Waals surface area (Å²) in [5, 5.41) is 8.47. The lowest BCUT2D eigenvalue weighted by Gasteiger charge is -2.51. The van der Waals surface area contributed by atoms with Crippen molar-refractivity contribution in [3.05, 3.63) is 17.8 Å². The summed E-state index contributed by atoms with van der Waals surface area (Å²) >= 11 is 0. The molecule has 0 atom stereocenters. The van der Waals surface area contributed by atoms with Gasteiger partial charge < -0.3 is 9.80 Å². The Morgan fingerprint density at radius 1 is 1.12 bits per heavy atom. The molecule has 6 heteroatoms. The van der Waals surface area contributed by atoms with E-state index in [4.69, 9.17) is 0 Å². The zero-order valence-corrected chi connectivity index (χ0v) is 14.7. The zero-order chi connectivity index (χ0) is 16.7. The molecule has 24 heavy (non-hydrogen) atoms. The van der Waals surface area contributed by atoms with Gasteiger partial charge in [0.25, 0.3) is 0 Å². The molecule has 130 valence electrons. The fourth-order valence-electron chi connectivity index (χ4n) is 4.09. The number of piperidine rings is 1. The van der Waals surface area contributed by atoms with Crippen LogP contribution < -0.4 is 4.90 Å². The lowest BCUT2D eigenvalue weighted by molar-refractivity contribution is -0.152. The molecule has 1 saturated carbocycles. The lowest BCUT2D eigenvalue weighted by atomic mass is 9.82. The van der Waals surface area contributed by atoms with Crippen LogP contribution in [0.15, 0.2) is 12.1 Å². The second-order valence-corrected chi connectivity index (χ2v) is 7.67. The van der Waals surface area contributed by atoms with Crippen molar-refractivity contribution in [3.8, 4) is 0 Å². The van der Waals surface area contributed by atoms with Crippen molar-refractivity contribution in [1.29, 1.82) is 0 Å². The van der Waals surface area contributed by atoms with Crippen LogP contribution in [-0.2, 0) is 4.79 Å². The lowest BCUT2D eigenvalue weighted by Crippen LogP contribution is -2.68. The van der Waals surface area contributed by atoms with Crippen LogP contribution in [0, 0.1) is 12.8 Å². The van der Waals surface area contributed by atoms with E-state index >= 15 is 0 Å². The van der Waals surface area contributed by atoms with Crippen LogP contribution in [-0.4, -0.2) is 71.2 Å². The normalized spacial score (nSPS) is 24.7. The van der Waals surface area contributed by atoms with Crippen LogP contribution in [0.4, 0.5) is 5.82 Å². The van der Waals surface area contributed by atoms with E-state index in [2.05, 4.69) is 31.9 Å². The molecule has 0 N–H and O–H groups in total. The molecule has 0 radical (unpaired) electrons. The minimum Gasteiger partial charge on any atom is -0.355 e. The standard InChI is InChI=1S/C18H27N5O/c1-14-3-6-16(20-19-14)22-9-7-18(8-10-22)17(24)23(12-11-21(18)2)13-15-4-5-15/h3,6,15H,4-5,7-13H2,1-2H3. The summed E-state index contributed by atoms with van der Waals surface area (Å²) in [6.07, 6.45) is 4.34. The fourth-order valence-corrected chi connectivity index (χ4v) is 4.09. The summed E-state index contributed by atoms with van der Waals surface area (Å²) in [5.74, 6) is 2.05. The number of hydrogen-bond donors (Lipinski definition) is 0. The molecule has 1 aromatic rings. The van der Waals surface area contributed by atoms with Gasteiger partial charge in [-0.05, 0) is 57.7 Å². The van der Waals surface area contributed by atoms with Gasteiger partial charge in [0.05, 0.1) is 5.69 Å². The first kappa shape index (κ1) is 15.8. The van der Waals surface area contributed by atoms with Gasteiger partial charge in [-0.2, -0.15) is 5.10 Å². The van der Waals surface area contributed by atoms with Crippen molar-refractivity contribution in [2.75, 3.05) is 44.7 Å². The van der Waals surface area contributed by atoms with Crippen molar-refractivity contribution in [2.45, 2.75) is 38.1 Å². The number of aromatic nitrogens is 2. The molecule has 3 heterocycles.